The molecule has 2 heterocycles. The number of likely N-dealkylation sites (tertiary alicyclic amines) is 1. The Morgan fingerprint density at radius 2 is 2.17 bits per heavy atom. The average molecular weight is 326 g/mol. The van der Waals surface area contributed by atoms with Gasteiger partial charge in [0.2, 0.25) is 5.88 Å². The fourth-order valence-corrected chi connectivity index (χ4v) is 2.96. The van der Waals surface area contributed by atoms with E-state index in [0.29, 0.717) is 23.1 Å². The molecule has 1 aliphatic heterocycles. The molecule has 0 bridgehead atoms. The number of aromatic nitrogens is 2. The van der Waals surface area contributed by atoms with Gasteiger partial charge in [-0.15, -0.1) is 0 Å². The largest absolute Gasteiger partial charge is 0.437 e. The fraction of sp³-hybridized carbons (Fsp3) is 0.389. The maximum atomic E-state index is 12.7. The molecule has 1 aliphatic rings. The van der Waals surface area contributed by atoms with Crippen LogP contribution in [0.1, 0.15) is 23.2 Å². The van der Waals surface area contributed by atoms with Crippen molar-refractivity contribution in [2.75, 3.05) is 26.7 Å². The number of ether oxygens (including phenoxy) is 1. The molecule has 0 saturated carbocycles. The molecule has 1 aromatic heterocycles. The van der Waals surface area contributed by atoms with E-state index in [1.807, 2.05) is 30.1 Å². The monoisotopic (exact) mass is 326 g/mol. The molecule has 24 heavy (non-hydrogen) atoms. The molecule has 1 fully saturated rings. The van der Waals surface area contributed by atoms with Crippen LogP contribution in [0.15, 0.2) is 42.9 Å². The van der Waals surface area contributed by atoms with Gasteiger partial charge < -0.3 is 15.0 Å². The quantitative estimate of drug-likeness (QED) is 0.913. The van der Waals surface area contributed by atoms with Gasteiger partial charge in [0.05, 0.1) is 6.20 Å². The van der Waals surface area contributed by atoms with Crippen LogP contribution in [0, 0.1) is 5.92 Å². The molecule has 1 saturated heterocycles. The molecular weight excluding hydrogens is 304 g/mol. The van der Waals surface area contributed by atoms with Crippen LogP contribution >= 0.6 is 0 Å². The molecule has 0 aliphatic carbocycles. The predicted molar refractivity (Wildman–Crippen MR) is 91.1 cm³/mol. The highest BCUT2D eigenvalue weighted by atomic mass is 16.5. The molecule has 0 atom stereocenters. The van der Waals surface area contributed by atoms with E-state index in [2.05, 4.69) is 15.3 Å². The molecule has 1 amide bonds. The Hall–Kier alpha value is -2.47. The Morgan fingerprint density at radius 1 is 1.33 bits per heavy atom. The topological polar surface area (TPSA) is 67.4 Å². The lowest BCUT2D eigenvalue weighted by Gasteiger charge is -2.32. The predicted octanol–water partition coefficient (Wildman–Crippen LogP) is 2.34. The first-order valence-electron chi connectivity index (χ1n) is 8.24. The van der Waals surface area contributed by atoms with Gasteiger partial charge in [-0.1, -0.05) is 6.07 Å². The van der Waals surface area contributed by atoms with Gasteiger partial charge in [0.25, 0.3) is 5.91 Å². The first-order chi connectivity index (χ1) is 11.8. The van der Waals surface area contributed by atoms with E-state index >= 15 is 0 Å². The number of carbonyl (C=O) groups is 1. The Labute approximate surface area is 141 Å². The van der Waals surface area contributed by atoms with Crippen molar-refractivity contribution in [2.45, 2.75) is 12.8 Å². The summed E-state index contributed by atoms with van der Waals surface area (Å²) in [6.07, 6.45) is 6.79. The van der Waals surface area contributed by atoms with Crippen LogP contribution < -0.4 is 10.1 Å². The molecule has 2 aromatic rings. The lowest BCUT2D eigenvalue weighted by atomic mass is 9.96. The Morgan fingerprint density at radius 3 is 2.88 bits per heavy atom. The molecule has 6 nitrogen and oxygen atoms in total. The van der Waals surface area contributed by atoms with Gasteiger partial charge in [-0.2, -0.15) is 0 Å². The van der Waals surface area contributed by atoms with E-state index in [-0.39, 0.29) is 5.91 Å². The number of amides is 1. The SMILES string of the molecule is CNCC1CCN(C(=O)c2cccc(Oc3cnccn3)c2)CC1. The number of benzene rings is 1. The van der Waals surface area contributed by atoms with E-state index in [0.717, 1.165) is 32.5 Å². The van der Waals surface area contributed by atoms with Crippen LogP contribution in [0.5, 0.6) is 11.6 Å². The third kappa shape index (κ3) is 4.08. The number of piperidine rings is 1. The Balaban J connectivity index is 1.64. The van der Waals surface area contributed by atoms with Crippen molar-refractivity contribution in [3.63, 3.8) is 0 Å². The molecule has 0 unspecified atom stereocenters. The highest BCUT2D eigenvalue weighted by molar-refractivity contribution is 5.94. The van der Waals surface area contributed by atoms with Gasteiger partial charge >= 0.3 is 0 Å². The van der Waals surface area contributed by atoms with E-state index < -0.39 is 0 Å². The second-order valence-electron chi connectivity index (χ2n) is 5.97. The van der Waals surface area contributed by atoms with Gasteiger partial charge in [0.1, 0.15) is 5.75 Å². The third-order valence-electron chi connectivity index (χ3n) is 4.24. The van der Waals surface area contributed by atoms with Gasteiger partial charge in [-0.25, -0.2) is 4.98 Å². The smallest absolute Gasteiger partial charge is 0.253 e. The second kappa shape index (κ2) is 7.88. The van der Waals surface area contributed by atoms with Crippen LogP contribution in [0.2, 0.25) is 0 Å². The van der Waals surface area contributed by atoms with Crippen LogP contribution in [0.25, 0.3) is 0 Å². The molecule has 126 valence electrons. The van der Waals surface area contributed by atoms with Crippen molar-refractivity contribution < 1.29 is 9.53 Å². The Kier molecular flexibility index (Phi) is 5.38. The molecule has 3 rings (SSSR count). The minimum atomic E-state index is 0.0579. The molecule has 1 N–H and O–H groups in total. The van der Waals surface area contributed by atoms with Crippen molar-refractivity contribution >= 4 is 5.91 Å². The summed E-state index contributed by atoms with van der Waals surface area (Å²) >= 11 is 0. The third-order valence-corrected chi connectivity index (χ3v) is 4.24. The normalized spacial score (nSPS) is 15.3. The van der Waals surface area contributed by atoms with Crippen LogP contribution in [0.4, 0.5) is 0 Å². The highest BCUT2D eigenvalue weighted by Crippen LogP contribution is 2.22. The number of carbonyl (C=O) groups excluding carboxylic acids is 1. The summed E-state index contributed by atoms with van der Waals surface area (Å²) in [5, 5.41) is 3.21. The van der Waals surface area contributed by atoms with Crippen LogP contribution in [-0.4, -0.2) is 47.5 Å². The highest BCUT2D eigenvalue weighted by Gasteiger charge is 2.23. The standard InChI is InChI=1S/C18H22N4O2/c1-19-12-14-5-9-22(10-6-14)18(23)15-3-2-4-16(11-15)24-17-13-20-7-8-21-17/h2-4,7-8,11,13-14,19H,5-6,9-10,12H2,1H3. The maximum absolute atomic E-state index is 12.7. The van der Waals surface area contributed by atoms with Gasteiger partial charge in [-0.3, -0.25) is 9.78 Å². The summed E-state index contributed by atoms with van der Waals surface area (Å²) in [5.41, 5.74) is 0.642. The van der Waals surface area contributed by atoms with E-state index in [9.17, 15) is 4.79 Å². The van der Waals surface area contributed by atoms with Crippen molar-refractivity contribution in [1.82, 2.24) is 20.2 Å². The van der Waals surface area contributed by atoms with E-state index in [1.165, 1.54) is 0 Å². The number of hydrogen-bond donors (Lipinski definition) is 1. The second-order valence-corrected chi connectivity index (χ2v) is 5.97. The molecule has 0 radical (unpaired) electrons. The molecule has 0 spiro atoms. The van der Waals surface area contributed by atoms with Crippen molar-refractivity contribution in [3.05, 3.63) is 48.4 Å². The number of hydrogen-bond acceptors (Lipinski definition) is 5. The summed E-state index contributed by atoms with van der Waals surface area (Å²) < 4.78 is 5.65. The van der Waals surface area contributed by atoms with Gasteiger partial charge in [0.15, 0.2) is 0 Å². The average Bonchev–Trinajstić information content (AvgIpc) is 2.63. The van der Waals surface area contributed by atoms with E-state index in [4.69, 9.17) is 4.74 Å². The first-order valence-corrected chi connectivity index (χ1v) is 8.24. The molecular formula is C18H22N4O2. The Bertz CT molecular complexity index is 670. The zero-order valence-corrected chi connectivity index (χ0v) is 13.8. The fourth-order valence-electron chi connectivity index (χ4n) is 2.96. The van der Waals surface area contributed by atoms with Crippen molar-refractivity contribution in [2.24, 2.45) is 5.92 Å². The lowest BCUT2D eigenvalue weighted by molar-refractivity contribution is 0.0690. The van der Waals surface area contributed by atoms with Crippen LogP contribution in [0.3, 0.4) is 0 Å². The molecule has 1 aromatic carbocycles. The summed E-state index contributed by atoms with van der Waals surface area (Å²) in [6.45, 7) is 2.63. The van der Waals surface area contributed by atoms with E-state index in [1.54, 1.807) is 24.7 Å². The lowest BCUT2D eigenvalue weighted by Crippen LogP contribution is -2.40. The van der Waals surface area contributed by atoms with Gasteiger partial charge in [-0.05, 0) is 50.6 Å². The van der Waals surface area contributed by atoms with Crippen LogP contribution in [-0.2, 0) is 0 Å². The zero-order valence-electron chi connectivity index (χ0n) is 13.8. The summed E-state index contributed by atoms with van der Waals surface area (Å²) in [5.74, 6) is 1.72. The maximum Gasteiger partial charge on any atom is 0.253 e. The molecule has 6 heteroatoms. The summed E-state index contributed by atoms with van der Waals surface area (Å²) in [4.78, 5) is 22.7. The minimum absolute atomic E-state index is 0.0579. The minimum Gasteiger partial charge on any atom is -0.437 e. The summed E-state index contributed by atoms with van der Waals surface area (Å²) in [7, 11) is 1.97. The zero-order chi connectivity index (χ0) is 16.8. The van der Waals surface area contributed by atoms with Crippen molar-refractivity contribution in [1.29, 1.82) is 0 Å². The number of nitrogens with zero attached hydrogens (tertiary/aromatic N) is 3. The summed E-state index contributed by atoms with van der Waals surface area (Å²) in [6, 6.07) is 7.22. The first kappa shape index (κ1) is 16.4. The number of rotatable bonds is 5. The van der Waals surface area contributed by atoms with Gasteiger partial charge in [0, 0.05) is 31.0 Å². The number of nitrogens with one attached hydrogen (secondary N) is 1. The van der Waals surface area contributed by atoms with Crippen molar-refractivity contribution in [3.8, 4) is 11.6 Å².